The van der Waals surface area contributed by atoms with Gasteiger partial charge in [0.15, 0.2) is 0 Å². The van der Waals surface area contributed by atoms with Crippen LogP contribution in [0.2, 0.25) is 0 Å². The van der Waals surface area contributed by atoms with E-state index in [2.05, 4.69) is 24.4 Å². The molecule has 0 aliphatic heterocycles. The van der Waals surface area contributed by atoms with E-state index in [1.54, 1.807) is 0 Å². The third kappa shape index (κ3) is 3.80. The molecule has 1 aromatic rings. The first-order valence-electron chi connectivity index (χ1n) is 5.45. The normalized spacial score (nSPS) is 10.1. The van der Waals surface area contributed by atoms with Gasteiger partial charge in [-0.05, 0) is 44.5 Å². The van der Waals surface area contributed by atoms with Crippen molar-refractivity contribution >= 4 is 5.69 Å². The monoisotopic (exact) mass is 208 g/mol. The maximum Gasteiger partial charge on any atom is 0.142 e. The molecule has 3 heteroatoms. The van der Waals surface area contributed by atoms with E-state index in [1.165, 1.54) is 5.56 Å². The molecule has 0 aliphatic rings. The lowest BCUT2D eigenvalue weighted by atomic mass is 10.2. The molecule has 0 saturated heterocycles. The smallest absolute Gasteiger partial charge is 0.142 e. The van der Waals surface area contributed by atoms with Crippen molar-refractivity contribution in [3.05, 3.63) is 23.8 Å². The van der Waals surface area contributed by atoms with Crippen LogP contribution in [0.25, 0.3) is 0 Å². The van der Waals surface area contributed by atoms with Crippen LogP contribution in [0, 0.1) is 6.92 Å². The summed E-state index contributed by atoms with van der Waals surface area (Å²) in [6.07, 6.45) is 0.972. The Morgan fingerprint density at radius 1 is 1.40 bits per heavy atom. The number of anilines is 1. The molecule has 0 saturated carbocycles. The molecule has 84 valence electrons. The zero-order valence-electron chi connectivity index (χ0n) is 9.55. The highest BCUT2D eigenvalue weighted by Crippen LogP contribution is 2.25. The van der Waals surface area contributed by atoms with Crippen LogP contribution >= 0.6 is 0 Å². The molecule has 0 spiro atoms. The summed E-state index contributed by atoms with van der Waals surface area (Å²) in [4.78, 5) is 0. The van der Waals surface area contributed by atoms with Gasteiger partial charge in [-0.15, -0.1) is 0 Å². The van der Waals surface area contributed by atoms with Crippen molar-refractivity contribution in [3.63, 3.8) is 0 Å². The molecular weight excluding hydrogens is 188 g/mol. The van der Waals surface area contributed by atoms with Crippen molar-refractivity contribution in [2.75, 3.05) is 25.0 Å². The highest BCUT2D eigenvalue weighted by atomic mass is 16.5. The van der Waals surface area contributed by atoms with E-state index in [-0.39, 0.29) is 0 Å². The van der Waals surface area contributed by atoms with E-state index in [0.717, 1.165) is 24.4 Å². The van der Waals surface area contributed by atoms with E-state index in [9.17, 15) is 0 Å². The molecule has 0 amide bonds. The molecule has 0 bridgehead atoms. The second-order valence-corrected chi connectivity index (χ2v) is 3.50. The van der Waals surface area contributed by atoms with Crippen LogP contribution in [-0.2, 0) is 0 Å². The third-order valence-corrected chi connectivity index (χ3v) is 2.13. The molecule has 0 aromatic heterocycles. The maximum absolute atomic E-state index is 5.53. The lowest BCUT2D eigenvalue weighted by molar-refractivity contribution is 0.341. The van der Waals surface area contributed by atoms with Crippen LogP contribution in [0.4, 0.5) is 5.69 Å². The van der Waals surface area contributed by atoms with Gasteiger partial charge in [-0.3, -0.25) is 0 Å². The predicted octanol–water partition coefficient (Wildman–Crippen LogP) is 2.15. The second kappa shape index (κ2) is 6.30. The largest absolute Gasteiger partial charge is 0.492 e. The van der Waals surface area contributed by atoms with Gasteiger partial charge in [0.2, 0.25) is 0 Å². The molecule has 1 aromatic carbocycles. The van der Waals surface area contributed by atoms with Crippen LogP contribution in [0.1, 0.15) is 18.9 Å². The Hall–Kier alpha value is -1.22. The summed E-state index contributed by atoms with van der Waals surface area (Å²) in [7, 11) is 0. The summed E-state index contributed by atoms with van der Waals surface area (Å²) in [6.45, 7) is 6.35. The van der Waals surface area contributed by atoms with Gasteiger partial charge in [-0.1, -0.05) is 6.07 Å². The number of ether oxygens (including phenoxy) is 1. The van der Waals surface area contributed by atoms with Gasteiger partial charge >= 0.3 is 0 Å². The standard InChI is InChI=1S/C12H20N2O/c1-3-15-12-6-5-10(2)9-11(12)14-8-4-7-13/h5-6,9,14H,3-4,7-8,13H2,1-2H3. The zero-order valence-corrected chi connectivity index (χ0v) is 9.55. The van der Waals surface area contributed by atoms with E-state index in [1.807, 2.05) is 13.0 Å². The van der Waals surface area contributed by atoms with Crippen molar-refractivity contribution in [3.8, 4) is 5.75 Å². The number of nitrogens with two attached hydrogens (primary N) is 1. The summed E-state index contributed by atoms with van der Waals surface area (Å²) in [5, 5.41) is 3.33. The lowest BCUT2D eigenvalue weighted by Crippen LogP contribution is -2.09. The SMILES string of the molecule is CCOc1ccc(C)cc1NCCCN. The Balaban J connectivity index is 2.68. The average Bonchev–Trinajstić information content (AvgIpc) is 2.22. The zero-order chi connectivity index (χ0) is 11.1. The molecule has 3 nitrogen and oxygen atoms in total. The average molecular weight is 208 g/mol. The molecule has 0 atom stereocenters. The minimum absolute atomic E-state index is 0.689. The first-order valence-corrected chi connectivity index (χ1v) is 5.45. The van der Waals surface area contributed by atoms with Crippen molar-refractivity contribution in [1.82, 2.24) is 0 Å². The molecule has 0 aliphatic carbocycles. The second-order valence-electron chi connectivity index (χ2n) is 3.50. The fourth-order valence-corrected chi connectivity index (χ4v) is 1.39. The Morgan fingerprint density at radius 2 is 2.20 bits per heavy atom. The quantitative estimate of drug-likeness (QED) is 0.704. The summed E-state index contributed by atoms with van der Waals surface area (Å²) in [5.74, 6) is 0.917. The highest BCUT2D eigenvalue weighted by Gasteiger charge is 2.02. The van der Waals surface area contributed by atoms with Gasteiger partial charge in [-0.2, -0.15) is 0 Å². The summed E-state index contributed by atoms with van der Waals surface area (Å²) < 4.78 is 5.53. The molecule has 0 fully saturated rings. The van der Waals surface area contributed by atoms with Gasteiger partial charge in [0, 0.05) is 6.54 Å². The minimum Gasteiger partial charge on any atom is -0.492 e. The fourth-order valence-electron chi connectivity index (χ4n) is 1.39. The Kier molecular flexibility index (Phi) is 4.98. The third-order valence-electron chi connectivity index (χ3n) is 2.13. The minimum atomic E-state index is 0.689. The van der Waals surface area contributed by atoms with Crippen molar-refractivity contribution < 1.29 is 4.74 Å². The number of nitrogens with one attached hydrogen (secondary N) is 1. The van der Waals surface area contributed by atoms with Crippen molar-refractivity contribution in [2.24, 2.45) is 5.73 Å². The van der Waals surface area contributed by atoms with E-state index in [0.29, 0.717) is 13.2 Å². The van der Waals surface area contributed by atoms with Crippen LogP contribution in [-0.4, -0.2) is 19.7 Å². The van der Waals surface area contributed by atoms with Crippen LogP contribution in [0.15, 0.2) is 18.2 Å². The molecule has 15 heavy (non-hydrogen) atoms. The van der Waals surface area contributed by atoms with Gasteiger partial charge in [0.25, 0.3) is 0 Å². The number of hydrogen-bond acceptors (Lipinski definition) is 3. The Labute approximate surface area is 91.6 Å². The highest BCUT2D eigenvalue weighted by molar-refractivity contribution is 5.57. The van der Waals surface area contributed by atoms with Crippen molar-refractivity contribution in [2.45, 2.75) is 20.3 Å². The summed E-state index contributed by atoms with van der Waals surface area (Å²) in [6, 6.07) is 6.16. The molecule has 0 radical (unpaired) electrons. The number of aryl methyl sites for hydroxylation is 1. The van der Waals surface area contributed by atoms with Crippen LogP contribution in [0.3, 0.4) is 0 Å². The summed E-state index contributed by atoms with van der Waals surface area (Å²) >= 11 is 0. The number of hydrogen-bond donors (Lipinski definition) is 2. The van der Waals surface area contributed by atoms with Gasteiger partial charge in [0.05, 0.1) is 12.3 Å². The Bertz CT molecular complexity index is 300. The van der Waals surface area contributed by atoms with Crippen LogP contribution < -0.4 is 15.8 Å². The maximum atomic E-state index is 5.53. The molecule has 0 unspecified atom stereocenters. The number of rotatable bonds is 6. The van der Waals surface area contributed by atoms with E-state index >= 15 is 0 Å². The predicted molar refractivity (Wildman–Crippen MR) is 64.5 cm³/mol. The molecule has 0 heterocycles. The fraction of sp³-hybridized carbons (Fsp3) is 0.500. The number of benzene rings is 1. The first-order chi connectivity index (χ1) is 7.27. The first kappa shape index (κ1) is 11.9. The van der Waals surface area contributed by atoms with Crippen LogP contribution in [0.5, 0.6) is 5.75 Å². The van der Waals surface area contributed by atoms with Gasteiger partial charge in [0.1, 0.15) is 5.75 Å². The lowest BCUT2D eigenvalue weighted by Gasteiger charge is -2.12. The van der Waals surface area contributed by atoms with E-state index < -0.39 is 0 Å². The Morgan fingerprint density at radius 3 is 2.87 bits per heavy atom. The van der Waals surface area contributed by atoms with Crippen molar-refractivity contribution in [1.29, 1.82) is 0 Å². The van der Waals surface area contributed by atoms with E-state index in [4.69, 9.17) is 10.5 Å². The summed E-state index contributed by atoms with van der Waals surface area (Å²) in [5.41, 5.74) is 7.74. The van der Waals surface area contributed by atoms with Gasteiger partial charge in [-0.25, -0.2) is 0 Å². The molecular formula is C12H20N2O. The topological polar surface area (TPSA) is 47.3 Å². The molecule has 1 rings (SSSR count). The molecule has 3 N–H and O–H groups in total. The van der Waals surface area contributed by atoms with Gasteiger partial charge < -0.3 is 15.8 Å².